The second kappa shape index (κ2) is 6.77. The molecule has 1 aromatic heterocycles. The number of imidazole rings is 1. The van der Waals surface area contributed by atoms with E-state index in [9.17, 15) is 0 Å². The van der Waals surface area contributed by atoms with Crippen LogP contribution in [0.4, 0.5) is 5.95 Å². The quantitative estimate of drug-likeness (QED) is 0.726. The monoisotopic (exact) mass is 227 g/mol. The SMILES string of the molecule is CSCCCCNc1nccn1C(C)C. The van der Waals surface area contributed by atoms with Crippen LogP contribution >= 0.6 is 11.8 Å². The molecule has 0 fully saturated rings. The molecule has 0 amide bonds. The van der Waals surface area contributed by atoms with Crippen molar-refractivity contribution in [3.8, 4) is 0 Å². The topological polar surface area (TPSA) is 29.9 Å². The molecule has 0 unspecified atom stereocenters. The van der Waals surface area contributed by atoms with E-state index in [1.807, 2.05) is 24.2 Å². The van der Waals surface area contributed by atoms with Gasteiger partial charge in [0.05, 0.1) is 0 Å². The molecule has 86 valence electrons. The van der Waals surface area contributed by atoms with E-state index in [0.29, 0.717) is 6.04 Å². The normalized spacial score (nSPS) is 10.9. The first-order chi connectivity index (χ1) is 7.25. The molecule has 15 heavy (non-hydrogen) atoms. The summed E-state index contributed by atoms with van der Waals surface area (Å²) < 4.78 is 2.16. The summed E-state index contributed by atoms with van der Waals surface area (Å²) >= 11 is 1.91. The number of hydrogen-bond donors (Lipinski definition) is 1. The number of nitrogens with one attached hydrogen (secondary N) is 1. The second-order valence-electron chi connectivity index (χ2n) is 3.88. The molecule has 0 aliphatic heterocycles. The predicted molar refractivity (Wildman–Crippen MR) is 68.7 cm³/mol. The molecule has 0 aromatic carbocycles. The van der Waals surface area contributed by atoms with Crippen LogP contribution in [0.1, 0.15) is 32.7 Å². The second-order valence-corrected chi connectivity index (χ2v) is 4.86. The van der Waals surface area contributed by atoms with Crippen LogP contribution in [0.5, 0.6) is 0 Å². The van der Waals surface area contributed by atoms with Crippen molar-refractivity contribution in [2.24, 2.45) is 0 Å². The van der Waals surface area contributed by atoms with Gasteiger partial charge in [0.2, 0.25) is 5.95 Å². The van der Waals surface area contributed by atoms with Crippen molar-refractivity contribution in [3.63, 3.8) is 0 Å². The molecule has 0 bridgehead atoms. The maximum absolute atomic E-state index is 4.30. The Hall–Kier alpha value is -0.640. The van der Waals surface area contributed by atoms with Gasteiger partial charge in [-0.2, -0.15) is 11.8 Å². The van der Waals surface area contributed by atoms with Crippen LogP contribution in [0.15, 0.2) is 12.4 Å². The van der Waals surface area contributed by atoms with E-state index in [0.717, 1.165) is 12.5 Å². The first kappa shape index (κ1) is 12.4. The van der Waals surface area contributed by atoms with Crippen molar-refractivity contribution >= 4 is 17.7 Å². The first-order valence-electron chi connectivity index (χ1n) is 5.51. The molecule has 0 atom stereocenters. The van der Waals surface area contributed by atoms with Gasteiger partial charge in [-0.05, 0) is 38.7 Å². The molecule has 1 rings (SSSR count). The van der Waals surface area contributed by atoms with Gasteiger partial charge in [0.15, 0.2) is 0 Å². The van der Waals surface area contributed by atoms with Crippen molar-refractivity contribution in [2.75, 3.05) is 23.9 Å². The van der Waals surface area contributed by atoms with Crippen LogP contribution < -0.4 is 5.32 Å². The smallest absolute Gasteiger partial charge is 0.203 e. The zero-order valence-electron chi connectivity index (χ0n) is 9.86. The Morgan fingerprint density at radius 1 is 1.47 bits per heavy atom. The van der Waals surface area contributed by atoms with E-state index in [1.54, 1.807) is 0 Å². The number of rotatable bonds is 7. The molecular weight excluding hydrogens is 206 g/mol. The average Bonchev–Trinajstić information content (AvgIpc) is 2.66. The highest BCUT2D eigenvalue weighted by atomic mass is 32.2. The minimum Gasteiger partial charge on any atom is -0.356 e. The van der Waals surface area contributed by atoms with Crippen LogP contribution in [0.25, 0.3) is 0 Å². The lowest BCUT2D eigenvalue weighted by molar-refractivity contribution is 0.603. The summed E-state index contributed by atoms with van der Waals surface area (Å²) in [6, 6.07) is 0.473. The third kappa shape index (κ3) is 4.16. The van der Waals surface area contributed by atoms with E-state index in [4.69, 9.17) is 0 Å². The molecule has 4 heteroatoms. The zero-order valence-corrected chi connectivity index (χ0v) is 10.7. The number of aromatic nitrogens is 2. The van der Waals surface area contributed by atoms with E-state index in [1.165, 1.54) is 18.6 Å². The van der Waals surface area contributed by atoms with Crippen LogP contribution in [-0.2, 0) is 0 Å². The third-order valence-corrected chi connectivity index (χ3v) is 2.98. The molecular formula is C11H21N3S. The minimum atomic E-state index is 0.473. The van der Waals surface area contributed by atoms with Gasteiger partial charge in [-0.1, -0.05) is 0 Å². The van der Waals surface area contributed by atoms with Crippen molar-refractivity contribution in [1.29, 1.82) is 0 Å². The Balaban J connectivity index is 2.28. The third-order valence-electron chi connectivity index (χ3n) is 2.28. The predicted octanol–water partition coefficient (Wildman–Crippen LogP) is 3.02. The van der Waals surface area contributed by atoms with Gasteiger partial charge in [0, 0.05) is 25.0 Å². The lowest BCUT2D eigenvalue weighted by atomic mass is 10.3. The maximum atomic E-state index is 4.30. The van der Waals surface area contributed by atoms with Crippen molar-refractivity contribution in [3.05, 3.63) is 12.4 Å². The molecule has 3 nitrogen and oxygen atoms in total. The van der Waals surface area contributed by atoms with Crippen LogP contribution in [-0.4, -0.2) is 28.1 Å². The summed E-state index contributed by atoms with van der Waals surface area (Å²) in [5.41, 5.74) is 0. The van der Waals surface area contributed by atoms with Gasteiger partial charge < -0.3 is 9.88 Å². The summed E-state index contributed by atoms with van der Waals surface area (Å²) in [6.07, 6.45) is 8.51. The average molecular weight is 227 g/mol. The van der Waals surface area contributed by atoms with Gasteiger partial charge in [0.1, 0.15) is 0 Å². The summed E-state index contributed by atoms with van der Waals surface area (Å²) in [6.45, 7) is 5.35. The molecule has 0 aliphatic rings. The summed E-state index contributed by atoms with van der Waals surface area (Å²) in [4.78, 5) is 4.30. The van der Waals surface area contributed by atoms with Gasteiger partial charge in [-0.25, -0.2) is 4.98 Å². The highest BCUT2D eigenvalue weighted by molar-refractivity contribution is 7.98. The number of thioether (sulfide) groups is 1. The standard InChI is InChI=1S/C11H21N3S/c1-10(2)14-8-7-13-11(14)12-6-4-5-9-15-3/h7-8,10H,4-6,9H2,1-3H3,(H,12,13). The number of anilines is 1. The van der Waals surface area contributed by atoms with Crippen molar-refractivity contribution in [1.82, 2.24) is 9.55 Å². The summed E-state index contributed by atoms with van der Waals surface area (Å²) in [5, 5.41) is 3.38. The molecule has 0 spiro atoms. The highest BCUT2D eigenvalue weighted by Crippen LogP contribution is 2.12. The Kier molecular flexibility index (Phi) is 5.61. The molecule has 0 radical (unpaired) electrons. The molecule has 0 saturated heterocycles. The van der Waals surface area contributed by atoms with Crippen LogP contribution in [0, 0.1) is 0 Å². The Labute approximate surface area is 96.7 Å². The molecule has 1 aromatic rings. The fourth-order valence-corrected chi connectivity index (χ4v) is 1.93. The molecule has 0 saturated carbocycles. The minimum absolute atomic E-state index is 0.473. The van der Waals surface area contributed by atoms with Crippen molar-refractivity contribution < 1.29 is 0 Å². The molecule has 0 aliphatic carbocycles. The Bertz CT molecular complexity index is 271. The summed E-state index contributed by atoms with van der Waals surface area (Å²) in [7, 11) is 0. The Morgan fingerprint density at radius 2 is 2.27 bits per heavy atom. The van der Waals surface area contributed by atoms with Crippen LogP contribution in [0.3, 0.4) is 0 Å². The fourth-order valence-electron chi connectivity index (χ4n) is 1.44. The number of nitrogens with zero attached hydrogens (tertiary/aromatic N) is 2. The van der Waals surface area contributed by atoms with Gasteiger partial charge in [-0.3, -0.25) is 0 Å². The highest BCUT2D eigenvalue weighted by Gasteiger charge is 2.03. The lowest BCUT2D eigenvalue weighted by Crippen LogP contribution is -2.10. The Morgan fingerprint density at radius 3 is 2.93 bits per heavy atom. The van der Waals surface area contributed by atoms with E-state index in [-0.39, 0.29) is 0 Å². The number of unbranched alkanes of at least 4 members (excludes halogenated alkanes) is 1. The fraction of sp³-hybridized carbons (Fsp3) is 0.727. The maximum Gasteiger partial charge on any atom is 0.203 e. The zero-order chi connectivity index (χ0) is 11.1. The van der Waals surface area contributed by atoms with Crippen molar-refractivity contribution in [2.45, 2.75) is 32.7 Å². The van der Waals surface area contributed by atoms with Gasteiger partial charge in [-0.15, -0.1) is 0 Å². The first-order valence-corrected chi connectivity index (χ1v) is 6.90. The lowest BCUT2D eigenvalue weighted by Gasteiger charge is -2.12. The van der Waals surface area contributed by atoms with E-state index in [2.05, 4.69) is 35.0 Å². The molecule has 1 heterocycles. The van der Waals surface area contributed by atoms with Gasteiger partial charge in [0.25, 0.3) is 0 Å². The van der Waals surface area contributed by atoms with E-state index < -0.39 is 0 Å². The van der Waals surface area contributed by atoms with Gasteiger partial charge >= 0.3 is 0 Å². The molecule has 1 N–H and O–H groups in total. The van der Waals surface area contributed by atoms with Crippen LogP contribution in [0.2, 0.25) is 0 Å². The number of hydrogen-bond acceptors (Lipinski definition) is 3. The summed E-state index contributed by atoms with van der Waals surface area (Å²) in [5.74, 6) is 2.24. The van der Waals surface area contributed by atoms with E-state index >= 15 is 0 Å². The largest absolute Gasteiger partial charge is 0.356 e.